The average molecular weight is 851 g/mol. The number of hydrogen-bond acceptors (Lipinski definition) is 9. The van der Waals surface area contributed by atoms with Gasteiger partial charge in [-0.1, -0.05) is 62.7 Å². The maximum atomic E-state index is 14.2. The molecule has 19 nitrogen and oxygen atoms in total. The number of carbonyl (C=O) groups excluding carboxylic acids is 6. The first-order valence-corrected chi connectivity index (χ1v) is 20.6. The van der Waals surface area contributed by atoms with Crippen molar-refractivity contribution in [1.29, 1.82) is 0 Å². The lowest BCUT2D eigenvalue weighted by Crippen LogP contribution is -2.60. The molecule has 2 aromatic rings. The molecule has 1 unspecified atom stereocenters. The second-order valence-electron chi connectivity index (χ2n) is 15.3. The Morgan fingerprint density at radius 3 is 2.21 bits per heavy atom. The molecule has 2 aromatic carbocycles. The third-order valence-electron chi connectivity index (χ3n) is 10.7. The van der Waals surface area contributed by atoms with Crippen molar-refractivity contribution in [2.45, 2.75) is 115 Å². The summed E-state index contributed by atoms with van der Waals surface area (Å²) in [7, 11) is 1.43. The highest BCUT2D eigenvalue weighted by molar-refractivity contribution is 5.96. The summed E-state index contributed by atoms with van der Waals surface area (Å²) in [5.41, 5.74) is 12.2. The van der Waals surface area contributed by atoms with Crippen molar-refractivity contribution in [3.63, 3.8) is 0 Å². The van der Waals surface area contributed by atoms with Crippen molar-refractivity contribution in [3.8, 4) is 5.75 Å². The number of nitrogens with zero attached hydrogens (tertiary/aromatic N) is 2. The molecule has 0 bridgehead atoms. The molecule has 61 heavy (non-hydrogen) atoms. The molecule has 1 fully saturated rings. The summed E-state index contributed by atoms with van der Waals surface area (Å²) >= 11 is 0. The number of hydrogen-bond donors (Lipinski definition) is 10. The summed E-state index contributed by atoms with van der Waals surface area (Å²) in [6.07, 6.45) is 1.85. The number of aliphatic carboxylic acids is 1. The summed E-state index contributed by atoms with van der Waals surface area (Å²) in [5, 5.41) is 35.7. The second kappa shape index (κ2) is 24.6. The first-order chi connectivity index (χ1) is 29.0. The lowest BCUT2D eigenvalue weighted by molar-refractivity contribution is -0.142. The average Bonchev–Trinajstić information content (AvgIpc) is 3.23. The molecule has 334 valence electrons. The normalized spacial score (nSPS) is 22.1. The number of nitrogens with two attached hydrogens (primary N) is 2. The number of carboxylic acid groups (broad SMARTS) is 1. The Hall–Kier alpha value is -6.40. The van der Waals surface area contributed by atoms with Crippen LogP contribution >= 0.6 is 0 Å². The molecule has 0 aromatic heterocycles. The number of likely N-dealkylation sites (N-methyl/N-ethyl adjacent to an activating group) is 1. The number of phenols is 1. The molecule has 3 rings (SSSR count). The topological polar surface area (TPSA) is 300 Å². The monoisotopic (exact) mass is 850 g/mol. The minimum absolute atomic E-state index is 0.0152. The fourth-order valence-electron chi connectivity index (χ4n) is 6.61. The van der Waals surface area contributed by atoms with Gasteiger partial charge in [0, 0.05) is 26.6 Å². The number of rotatable bonds is 14. The van der Waals surface area contributed by atoms with E-state index in [4.69, 9.17) is 11.5 Å². The highest BCUT2D eigenvalue weighted by Gasteiger charge is 2.36. The Labute approximate surface area is 356 Å². The number of guanidine groups is 1. The van der Waals surface area contributed by atoms with Crippen LogP contribution in [0.4, 0.5) is 4.79 Å². The van der Waals surface area contributed by atoms with Crippen LogP contribution in [-0.4, -0.2) is 119 Å². The minimum atomic E-state index is -1.34. The van der Waals surface area contributed by atoms with Gasteiger partial charge in [0.25, 0.3) is 0 Å². The number of urea groups is 1. The van der Waals surface area contributed by atoms with E-state index in [2.05, 4.69) is 36.9 Å². The van der Waals surface area contributed by atoms with Crippen LogP contribution in [0.5, 0.6) is 5.75 Å². The lowest BCUT2D eigenvalue weighted by atomic mass is 9.96. The molecule has 0 spiro atoms. The van der Waals surface area contributed by atoms with Crippen molar-refractivity contribution in [2.24, 2.45) is 22.4 Å². The summed E-state index contributed by atoms with van der Waals surface area (Å²) in [6.45, 7) is 5.36. The van der Waals surface area contributed by atoms with Crippen LogP contribution in [0, 0.1) is 5.92 Å². The number of carboxylic acids is 1. The summed E-state index contributed by atoms with van der Waals surface area (Å²) in [5.74, 6) is -4.96. The molecule has 19 heteroatoms. The summed E-state index contributed by atoms with van der Waals surface area (Å²) in [4.78, 5) is 100. The van der Waals surface area contributed by atoms with Gasteiger partial charge in [-0.05, 0) is 81.0 Å². The van der Waals surface area contributed by atoms with Gasteiger partial charge >= 0.3 is 12.0 Å². The van der Waals surface area contributed by atoms with Crippen LogP contribution in [0.15, 0.2) is 59.6 Å². The van der Waals surface area contributed by atoms with Gasteiger partial charge in [0.1, 0.15) is 42.0 Å². The molecule has 0 aliphatic carbocycles. The zero-order chi connectivity index (χ0) is 45.1. The Morgan fingerprint density at radius 1 is 0.902 bits per heavy atom. The number of benzene rings is 2. The van der Waals surface area contributed by atoms with Crippen molar-refractivity contribution in [3.05, 3.63) is 65.7 Å². The highest BCUT2D eigenvalue weighted by atomic mass is 16.4. The molecule has 7 amide bonds. The predicted octanol–water partition coefficient (Wildman–Crippen LogP) is 0.390. The van der Waals surface area contributed by atoms with E-state index in [-0.39, 0.29) is 63.3 Å². The first kappa shape index (κ1) is 49.0. The Morgan fingerprint density at radius 2 is 1.57 bits per heavy atom. The first-order valence-electron chi connectivity index (χ1n) is 20.6. The number of aromatic hydroxyl groups is 1. The molecule has 0 radical (unpaired) electrons. The van der Waals surface area contributed by atoms with Crippen molar-refractivity contribution < 1.29 is 43.8 Å². The van der Waals surface area contributed by atoms with E-state index in [1.165, 1.54) is 31.0 Å². The van der Waals surface area contributed by atoms with Crippen molar-refractivity contribution in [2.75, 3.05) is 20.1 Å². The molecule has 7 atom stereocenters. The lowest BCUT2D eigenvalue weighted by Gasteiger charge is -2.32. The Bertz CT molecular complexity index is 1820. The van der Waals surface area contributed by atoms with Crippen LogP contribution in [0.3, 0.4) is 0 Å². The fourth-order valence-corrected chi connectivity index (χ4v) is 6.61. The number of aryl methyl sites for hydroxylation is 1. The van der Waals surface area contributed by atoms with Crippen LogP contribution in [0.25, 0.3) is 0 Å². The zero-order valence-corrected chi connectivity index (χ0v) is 35.3. The molecule has 1 aliphatic heterocycles. The molecule has 1 heterocycles. The van der Waals surface area contributed by atoms with E-state index in [0.717, 1.165) is 11.1 Å². The van der Waals surface area contributed by atoms with Gasteiger partial charge in [-0.2, -0.15) is 0 Å². The van der Waals surface area contributed by atoms with Gasteiger partial charge in [0.2, 0.25) is 29.5 Å². The van der Waals surface area contributed by atoms with Gasteiger partial charge < -0.3 is 58.5 Å². The largest absolute Gasteiger partial charge is 0.508 e. The van der Waals surface area contributed by atoms with Gasteiger partial charge in [-0.25, -0.2) is 9.59 Å². The van der Waals surface area contributed by atoms with Gasteiger partial charge in [-0.15, -0.1) is 0 Å². The highest BCUT2D eigenvalue weighted by Crippen LogP contribution is 2.16. The van der Waals surface area contributed by atoms with E-state index in [1.54, 1.807) is 19.1 Å². The molecule has 0 saturated carbocycles. The van der Waals surface area contributed by atoms with Crippen LogP contribution < -0.4 is 43.4 Å². The molecular weight excluding hydrogens is 789 g/mol. The standard InChI is InChI=1S/C42H62N10O9/c1-5-25(2)34-38(57)47-31(21-18-27-16-19-29(53)20-17-27)39(58)52(4)26(3)35(54)48-33(24-28-12-7-6-8-13-28)36(55)45-22-10-9-14-30(37(56)51-34)49-42(61)50-32(40(59)60)15-11-23-46-41(43)44/h6-8,12-13,16-17,19-20,25-26,30-34,53H,5,9-11,14-15,18,21-24H2,1-4H3,(H,45,55)(H,47,57)(H,48,54)(H,51,56)(H,59,60)(H4,43,44,46)(H2,49,50,61)/t25-,26+,30-,31?,32-,33+,34+/m1/s1. The van der Waals surface area contributed by atoms with Crippen LogP contribution in [0.2, 0.25) is 0 Å². The predicted molar refractivity (Wildman–Crippen MR) is 228 cm³/mol. The van der Waals surface area contributed by atoms with E-state index in [1.807, 2.05) is 37.3 Å². The van der Waals surface area contributed by atoms with E-state index < -0.39 is 83.7 Å². The van der Waals surface area contributed by atoms with Crippen molar-refractivity contribution >= 4 is 47.5 Å². The Balaban J connectivity index is 1.97. The fraction of sp³-hybridized carbons (Fsp3) is 0.524. The maximum absolute atomic E-state index is 14.2. The number of carbonyl (C=O) groups is 7. The van der Waals surface area contributed by atoms with Crippen LogP contribution in [-0.2, 0) is 41.6 Å². The number of nitrogens with one attached hydrogen (secondary N) is 6. The van der Waals surface area contributed by atoms with Crippen LogP contribution in [0.1, 0.15) is 76.8 Å². The minimum Gasteiger partial charge on any atom is -0.508 e. The van der Waals surface area contributed by atoms with Gasteiger partial charge in [0.15, 0.2) is 5.96 Å². The van der Waals surface area contributed by atoms with Gasteiger partial charge in [0.05, 0.1) is 0 Å². The van der Waals surface area contributed by atoms with Crippen molar-refractivity contribution in [1.82, 2.24) is 36.8 Å². The summed E-state index contributed by atoms with van der Waals surface area (Å²) in [6, 6.07) is 7.46. The molecule has 1 aliphatic rings. The van der Waals surface area contributed by atoms with E-state index >= 15 is 0 Å². The van der Waals surface area contributed by atoms with E-state index in [9.17, 15) is 43.8 Å². The molecule has 1 saturated heterocycles. The second-order valence-corrected chi connectivity index (χ2v) is 15.3. The number of phenolic OH excluding ortho intramolecular Hbond substituents is 1. The van der Waals surface area contributed by atoms with E-state index in [0.29, 0.717) is 19.3 Å². The number of aliphatic imine (C=N–C) groups is 1. The third-order valence-corrected chi connectivity index (χ3v) is 10.7. The number of amides is 7. The molecular formula is C42H62N10O9. The SMILES string of the molecule is CC[C@@H](C)[C@@H]1NC(=O)[C@H](NC(=O)N[C@H](CCCN=C(N)N)C(=O)O)CCCCNC(=O)[C@H](Cc2ccccc2)NC(=O)[C@H](C)N(C)C(=O)C(CCc2ccc(O)cc2)NC1=O. The quantitative estimate of drug-likeness (QED) is 0.0705. The smallest absolute Gasteiger partial charge is 0.326 e. The third kappa shape index (κ3) is 16.3. The summed E-state index contributed by atoms with van der Waals surface area (Å²) < 4.78 is 0. The zero-order valence-electron chi connectivity index (χ0n) is 35.3. The maximum Gasteiger partial charge on any atom is 0.326 e. The molecule has 12 N–H and O–H groups in total. The Kier molecular flexibility index (Phi) is 19.8. The van der Waals surface area contributed by atoms with Gasteiger partial charge in [-0.3, -0.25) is 29.0 Å².